The maximum atomic E-state index is 9.13. The van der Waals surface area contributed by atoms with E-state index in [0.717, 1.165) is 22.3 Å². The zero-order valence-corrected chi connectivity index (χ0v) is 12.9. The Labute approximate surface area is 141 Å². The molecule has 118 valence electrons. The van der Waals surface area contributed by atoms with Gasteiger partial charge in [0.05, 0.1) is 0 Å². The second kappa shape index (κ2) is 7.03. The lowest BCUT2D eigenvalue weighted by Gasteiger charge is -2.07. The summed E-state index contributed by atoms with van der Waals surface area (Å²) in [5.41, 5.74) is 4.96. The van der Waals surface area contributed by atoms with E-state index in [1.807, 2.05) is 48.5 Å². The molecule has 3 aromatic carbocycles. The smallest absolute Gasteiger partial charge is 0.423 e. The predicted molar refractivity (Wildman–Crippen MR) is 97.0 cm³/mol. The van der Waals surface area contributed by atoms with Gasteiger partial charge in [-0.2, -0.15) is 0 Å². The van der Waals surface area contributed by atoms with E-state index in [1.54, 1.807) is 24.3 Å². The Hall–Kier alpha value is -2.37. The third-order valence-electron chi connectivity index (χ3n) is 3.97. The van der Waals surface area contributed by atoms with Crippen molar-refractivity contribution in [3.8, 4) is 22.3 Å². The van der Waals surface area contributed by atoms with E-state index in [2.05, 4.69) is 0 Å². The third-order valence-corrected chi connectivity index (χ3v) is 3.97. The highest BCUT2D eigenvalue weighted by Crippen LogP contribution is 2.24. The van der Waals surface area contributed by atoms with E-state index in [0.29, 0.717) is 10.9 Å². The lowest BCUT2D eigenvalue weighted by atomic mass is 9.79. The van der Waals surface area contributed by atoms with Crippen molar-refractivity contribution in [2.45, 2.75) is 0 Å². The first-order valence-electron chi connectivity index (χ1n) is 7.57. The van der Waals surface area contributed by atoms with Crippen LogP contribution >= 0.6 is 0 Å². The highest BCUT2D eigenvalue weighted by atomic mass is 16.4. The molecule has 0 aromatic heterocycles. The molecule has 0 atom stereocenters. The average molecular weight is 318 g/mol. The molecule has 3 rings (SSSR count). The van der Waals surface area contributed by atoms with Gasteiger partial charge in [0, 0.05) is 0 Å². The third kappa shape index (κ3) is 3.58. The van der Waals surface area contributed by atoms with Gasteiger partial charge in [-0.25, -0.2) is 0 Å². The minimum absolute atomic E-state index is 0.460. The van der Waals surface area contributed by atoms with Crippen molar-refractivity contribution in [1.82, 2.24) is 0 Å². The average Bonchev–Trinajstić information content (AvgIpc) is 2.62. The first-order chi connectivity index (χ1) is 11.5. The van der Waals surface area contributed by atoms with Gasteiger partial charge in [0.15, 0.2) is 0 Å². The van der Waals surface area contributed by atoms with E-state index in [1.165, 1.54) is 0 Å². The maximum Gasteiger partial charge on any atom is 0.488 e. The summed E-state index contributed by atoms with van der Waals surface area (Å²) in [6.45, 7) is 0. The molecule has 0 heterocycles. The van der Waals surface area contributed by atoms with Gasteiger partial charge in [-0.1, -0.05) is 72.8 Å². The fourth-order valence-corrected chi connectivity index (χ4v) is 2.55. The molecule has 0 aliphatic heterocycles. The molecule has 0 saturated carbocycles. The van der Waals surface area contributed by atoms with Gasteiger partial charge < -0.3 is 20.1 Å². The van der Waals surface area contributed by atoms with Gasteiger partial charge in [-0.3, -0.25) is 0 Å². The fraction of sp³-hybridized carbons (Fsp3) is 0. The van der Waals surface area contributed by atoms with Crippen LogP contribution in [0.3, 0.4) is 0 Å². The Bertz CT molecular complexity index is 727. The summed E-state index contributed by atoms with van der Waals surface area (Å²) in [4.78, 5) is 0. The summed E-state index contributed by atoms with van der Waals surface area (Å²) in [7, 11) is -2.91. The van der Waals surface area contributed by atoms with Gasteiger partial charge in [0.25, 0.3) is 0 Å². The van der Waals surface area contributed by atoms with Crippen molar-refractivity contribution < 1.29 is 20.1 Å². The summed E-state index contributed by atoms with van der Waals surface area (Å²) in [5, 5.41) is 36.5. The molecule has 6 heteroatoms. The monoisotopic (exact) mass is 318 g/mol. The number of hydrogen-bond donors (Lipinski definition) is 4. The molecule has 0 aliphatic carbocycles. The molecule has 3 aromatic rings. The van der Waals surface area contributed by atoms with Crippen LogP contribution in [0.25, 0.3) is 22.3 Å². The second-order valence-corrected chi connectivity index (χ2v) is 5.57. The van der Waals surface area contributed by atoms with Crippen LogP contribution in [0.2, 0.25) is 0 Å². The van der Waals surface area contributed by atoms with Crippen molar-refractivity contribution in [3.63, 3.8) is 0 Å². The van der Waals surface area contributed by atoms with E-state index in [4.69, 9.17) is 20.1 Å². The normalized spacial score (nSPS) is 10.5. The topological polar surface area (TPSA) is 80.9 Å². The first kappa shape index (κ1) is 16.5. The standard InChI is InChI=1S/C18H16B2O4/c21-19(22)17-9-5-15(6-10-17)13-1-2-14(4-3-13)16-7-11-18(12-8-16)20(23)24/h1-12,21-24H. The van der Waals surface area contributed by atoms with Crippen LogP contribution in [-0.4, -0.2) is 34.3 Å². The van der Waals surface area contributed by atoms with Gasteiger partial charge >= 0.3 is 14.2 Å². The first-order valence-corrected chi connectivity index (χ1v) is 7.57. The van der Waals surface area contributed by atoms with Crippen LogP contribution in [0.1, 0.15) is 0 Å². The predicted octanol–water partition coefficient (Wildman–Crippen LogP) is 0.380. The van der Waals surface area contributed by atoms with Crippen LogP contribution in [0, 0.1) is 0 Å². The summed E-state index contributed by atoms with van der Waals surface area (Å²) < 4.78 is 0. The zero-order chi connectivity index (χ0) is 17.1. The van der Waals surface area contributed by atoms with Crippen molar-refractivity contribution in [3.05, 3.63) is 72.8 Å². The molecule has 0 radical (unpaired) electrons. The largest absolute Gasteiger partial charge is 0.488 e. The quantitative estimate of drug-likeness (QED) is 0.524. The molecular weight excluding hydrogens is 302 g/mol. The molecule has 4 nitrogen and oxygen atoms in total. The summed E-state index contributed by atoms with van der Waals surface area (Å²) in [6.07, 6.45) is 0. The van der Waals surface area contributed by atoms with Gasteiger partial charge in [0.1, 0.15) is 0 Å². The van der Waals surface area contributed by atoms with E-state index >= 15 is 0 Å². The summed E-state index contributed by atoms with van der Waals surface area (Å²) in [5.74, 6) is 0. The number of hydrogen-bond acceptors (Lipinski definition) is 4. The van der Waals surface area contributed by atoms with E-state index in [9.17, 15) is 0 Å². The van der Waals surface area contributed by atoms with Crippen molar-refractivity contribution in [2.24, 2.45) is 0 Å². The summed E-state index contributed by atoms with van der Waals surface area (Å²) in [6, 6.07) is 22.1. The van der Waals surface area contributed by atoms with Crippen LogP contribution < -0.4 is 10.9 Å². The molecule has 0 amide bonds. The van der Waals surface area contributed by atoms with Crippen molar-refractivity contribution in [1.29, 1.82) is 0 Å². The van der Waals surface area contributed by atoms with E-state index < -0.39 is 14.2 Å². The Morgan fingerprint density at radius 1 is 0.375 bits per heavy atom. The van der Waals surface area contributed by atoms with Crippen LogP contribution in [-0.2, 0) is 0 Å². The van der Waals surface area contributed by atoms with Gasteiger partial charge in [-0.15, -0.1) is 0 Å². The Balaban J connectivity index is 1.82. The SMILES string of the molecule is OB(O)c1ccc(-c2ccc(-c3ccc(B(O)O)cc3)cc2)cc1. The molecule has 0 saturated heterocycles. The van der Waals surface area contributed by atoms with Crippen molar-refractivity contribution in [2.75, 3.05) is 0 Å². The second-order valence-electron chi connectivity index (χ2n) is 5.57. The molecule has 4 N–H and O–H groups in total. The zero-order valence-electron chi connectivity index (χ0n) is 12.9. The van der Waals surface area contributed by atoms with Gasteiger partial charge in [0.2, 0.25) is 0 Å². The van der Waals surface area contributed by atoms with Crippen LogP contribution in [0.4, 0.5) is 0 Å². The Morgan fingerprint density at radius 3 is 0.792 bits per heavy atom. The minimum Gasteiger partial charge on any atom is -0.423 e. The highest BCUT2D eigenvalue weighted by molar-refractivity contribution is 6.58. The Kier molecular flexibility index (Phi) is 4.83. The molecule has 0 spiro atoms. The molecule has 0 aliphatic rings. The van der Waals surface area contributed by atoms with E-state index in [-0.39, 0.29) is 0 Å². The molecule has 0 bridgehead atoms. The minimum atomic E-state index is -1.46. The van der Waals surface area contributed by atoms with Gasteiger partial charge in [-0.05, 0) is 33.2 Å². The lowest BCUT2D eigenvalue weighted by Crippen LogP contribution is -2.29. The fourth-order valence-electron chi connectivity index (χ4n) is 2.55. The molecule has 24 heavy (non-hydrogen) atoms. The lowest BCUT2D eigenvalue weighted by molar-refractivity contribution is 0.424. The Morgan fingerprint density at radius 2 is 0.583 bits per heavy atom. The molecule has 0 unspecified atom stereocenters. The molecule has 0 fully saturated rings. The maximum absolute atomic E-state index is 9.13. The highest BCUT2D eigenvalue weighted by Gasteiger charge is 2.11. The number of rotatable bonds is 4. The summed E-state index contributed by atoms with van der Waals surface area (Å²) >= 11 is 0. The van der Waals surface area contributed by atoms with Crippen molar-refractivity contribution >= 4 is 25.2 Å². The molecular formula is C18H16B2O4. The van der Waals surface area contributed by atoms with Crippen LogP contribution in [0.5, 0.6) is 0 Å². The number of benzene rings is 3. The van der Waals surface area contributed by atoms with Crippen LogP contribution in [0.15, 0.2) is 72.8 Å².